The Labute approximate surface area is 184 Å². The minimum absolute atomic E-state index is 0.224. The highest BCUT2D eigenvalue weighted by atomic mass is 16.5. The number of pyridine rings is 1. The molecule has 0 radical (unpaired) electrons. The molecule has 0 fully saturated rings. The molecule has 0 atom stereocenters. The van der Waals surface area contributed by atoms with E-state index in [0.29, 0.717) is 23.8 Å². The van der Waals surface area contributed by atoms with Gasteiger partial charge < -0.3 is 19.4 Å². The molecule has 0 aliphatic carbocycles. The number of nitrogens with zero attached hydrogens (tertiary/aromatic N) is 4. The molecule has 0 spiro atoms. The first-order valence-electron chi connectivity index (χ1n) is 11.5. The van der Waals surface area contributed by atoms with Crippen molar-refractivity contribution in [2.45, 2.75) is 66.6 Å². The second-order valence-corrected chi connectivity index (χ2v) is 9.47. The lowest BCUT2D eigenvalue weighted by Gasteiger charge is -2.33. The number of furan rings is 1. The van der Waals surface area contributed by atoms with Crippen LogP contribution in [0.2, 0.25) is 0 Å². The van der Waals surface area contributed by atoms with E-state index in [0.717, 1.165) is 61.4 Å². The monoisotopic (exact) mass is 425 g/mol. The molecule has 0 saturated carbocycles. The fraction of sp³-hybridized carbons (Fsp3) is 0.625. The van der Waals surface area contributed by atoms with Crippen LogP contribution in [0.1, 0.15) is 58.4 Å². The molecule has 0 bridgehead atoms. The molecule has 7 heteroatoms. The molecule has 1 N–H and O–H groups in total. The molecule has 0 unspecified atom stereocenters. The van der Waals surface area contributed by atoms with E-state index in [-0.39, 0.29) is 5.60 Å². The van der Waals surface area contributed by atoms with E-state index < -0.39 is 0 Å². The maximum absolute atomic E-state index is 6.30. The van der Waals surface area contributed by atoms with Gasteiger partial charge >= 0.3 is 0 Å². The highest BCUT2D eigenvalue weighted by molar-refractivity contribution is 6.06. The van der Waals surface area contributed by atoms with Crippen molar-refractivity contribution in [2.75, 3.05) is 31.5 Å². The third-order valence-corrected chi connectivity index (χ3v) is 6.13. The zero-order valence-electron chi connectivity index (χ0n) is 19.7. The molecule has 3 aromatic rings. The van der Waals surface area contributed by atoms with Gasteiger partial charge in [0.15, 0.2) is 11.4 Å². The van der Waals surface area contributed by atoms with E-state index in [1.165, 1.54) is 11.1 Å². The predicted octanol–water partition coefficient (Wildman–Crippen LogP) is 4.57. The summed E-state index contributed by atoms with van der Waals surface area (Å²) in [6, 6.07) is 0. The molecular weight excluding hydrogens is 390 g/mol. The highest BCUT2D eigenvalue weighted by Crippen LogP contribution is 2.39. The zero-order valence-corrected chi connectivity index (χ0v) is 19.7. The maximum Gasteiger partial charge on any atom is 0.229 e. The number of anilines is 1. The fourth-order valence-electron chi connectivity index (χ4n) is 4.43. The summed E-state index contributed by atoms with van der Waals surface area (Å²) < 4.78 is 12.4. The normalized spacial score (nSPS) is 15.9. The third kappa shape index (κ3) is 4.39. The van der Waals surface area contributed by atoms with Crippen molar-refractivity contribution in [3.05, 3.63) is 23.1 Å². The van der Waals surface area contributed by atoms with Gasteiger partial charge in [0.05, 0.1) is 23.3 Å². The van der Waals surface area contributed by atoms with E-state index in [1.807, 2.05) is 0 Å². The number of hydrogen-bond acceptors (Lipinski definition) is 7. The van der Waals surface area contributed by atoms with Gasteiger partial charge in [0.1, 0.15) is 11.8 Å². The lowest BCUT2D eigenvalue weighted by Crippen LogP contribution is -2.33. The van der Waals surface area contributed by atoms with Gasteiger partial charge in [0.25, 0.3) is 0 Å². The average molecular weight is 426 g/mol. The van der Waals surface area contributed by atoms with Crippen LogP contribution in [0.3, 0.4) is 0 Å². The van der Waals surface area contributed by atoms with Crippen LogP contribution >= 0.6 is 0 Å². The lowest BCUT2D eigenvalue weighted by atomic mass is 9.88. The first kappa shape index (κ1) is 22.0. The fourth-order valence-corrected chi connectivity index (χ4v) is 4.43. The van der Waals surface area contributed by atoms with Gasteiger partial charge in [0, 0.05) is 25.1 Å². The smallest absolute Gasteiger partial charge is 0.229 e. The standard InChI is InChI=1S/C24H35N5O2/c1-7-29(8-2)10-9-25-22-21-20(26-14-27-22)19-16-12-24(5,6)30-13-17(16)18(11-15(3)4)28-23(19)31-21/h14-15H,7-13H2,1-6H3,(H,25,26,27). The van der Waals surface area contributed by atoms with Gasteiger partial charge in [-0.15, -0.1) is 0 Å². The zero-order chi connectivity index (χ0) is 22.2. The van der Waals surface area contributed by atoms with Crippen molar-refractivity contribution in [3.8, 4) is 0 Å². The van der Waals surface area contributed by atoms with Crippen molar-refractivity contribution in [2.24, 2.45) is 5.92 Å². The van der Waals surface area contributed by atoms with Crippen LogP contribution in [-0.2, 0) is 24.2 Å². The molecule has 31 heavy (non-hydrogen) atoms. The van der Waals surface area contributed by atoms with Crippen LogP contribution in [0.25, 0.3) is 22.2 Å². The Morgan fingerprint density at radius 3 is 2.65 bits per heavy atom. The molecule has 168 valence electrons. The van der Waals surface area contributed by atoms with Crippen LogP contribution in [0.5, 0.6) is 0 Å². The second kappa shape index (κ2) is 8.71. The number of hydrogen-bond donors (Lipinski definition) is 1. The quantitative estimate of drug-likeness (QED) is 0.566. The van der Waals surface area contributed by atoms with Gasteiger partial charge in [-0.2, -0.15) is 0 Å². The minimum Gasteiger partial charge on any atom is -0.432 e. The van der Waals surface area contributed by atoms with Gasteiger partial charge in [0.2, 0.25) is 5.71 Å². The topological polar surface area (TPSA) is 76.3 Å². The van der Waals surface area contributed by atoms with Crippen molar-refractivity contribution < 1.29 is 9.15 Å². The molecule has 7 nitrogen and oxygen atoms in total. The first-order chi connectivity index (χ1) is 14.8. The third-order valence-electron chi connectivity index (χ3n) is 6.13. The van der Waals surface area contributed by atoms with Crippen LogP contribution < -0.4 is 5.32 Å². The van der Waals surface area contributed by atoms with E-state index in [4.69, 9.17) is 14.1 Å². The number of nitrogens with one attached hydrogen (secondary N) is 1. The lowest BCUT2D eigenvalue weighted by molar-refractivity contribution is -0.0402. The first-order valence-corrected chi connectivity index (χ1v) is 11.5. The predicted molar refractivity (Wildman–Crippen MR) is 124 cm³/mol. The molecule has 0 aromatic carbocycles. The van der Waals surface area contributed by atoms with E-state index in [1.54, 1.807) is 6.33 Å². The highest BCUT2D eigenvalue weighted by Gasteiger charge is 2.32. The summed E-state index contributed by atoms with van der Waals surface area (Å²) in [4.78, 5) is 16.4. The average Bonchev–Trinajstić information content (AvgIpc) is 3.09. The molecule has 4 heterocycles. The Bertz CT molecular complexity index is 1070. The minimum atomic E-state index is -0.224. The molecule has 3 aromatic heterocycles. The van der Waals surface area contributed by atoms with Gasteiger partial charge in [-0.05, 0) is 44.8 Å². The van der Waals surface area contributed by atoms with Crippen molar-refractivity contribution in [3.63, 3.8) is 0 Å². The van der Waals surface area contributed by atoms with Crippen LogP contribution in [0.4, 0.5) is 5.82 Å². The number of rotatable bonds is 8. The van der Waals surface area contributed by atoms with Crippen molar-refractivity contribution in [1.29, 1.82) is 0 Å². The summed E-state index contributed by atoms with van der Waals surface area (Å²) in [6.07, 6.45) is 3.34. The number of ether oxygens (including phenoxy) is 1. The largest absolute Gasteiger partial charge is 0.432 e. The van der Waals surface area contributed by atoms with Crippen LogP contribution in [0, 0.1) is 5.92 Å². The Balaban J connectivity index is 1.80. The SMILES string of the molecule is CCN(CC)CCNc1ncnc2c1oc1nc(CC(C)C)c3c(c12)CC(C)(C)OC3. The van der Waals surface area contributed by atoms with E-state index >= 15 is 0 Å². The summed E-state index contributed by atoms with van der Waals surface area (Å²) in [6.45, 7) is 17.5. The second-order valence-electron chi connectivity index (χ2n) is 9.47. The maximum atomic E-state index is 6.30. The molecule has 0 amide bonds. The van der Waals surface area contributed by atoms with E-state index in [2.05, 4.69) is 61.7 Å². The Morgan fingerprint density at radius 1 is 1.16 bits per heavy atom. The summed E-state index contributed by atoms with van der Waals surface area (Å²) in [5.74, 6) is 1.24. The number of likely N-dealkylation sites (N-methyl/N-ethyl adjacent to an activating group) is 1. The van der Waals surface area contributed by atoms with E-state index in [9.17, 15) is 0 Å². The molecule has 1 aliphatic heterocycles. The molecular formula is C24H35N5O2. The number of fused-ring (bicyclic) bond motifs is 5. The van der Waals surface area contributed by atoms with Crippen molar-refractivity contribution in [1.82, 2.24) is 19.9 Å². The molecule has 0 saturated heterocycles. The Kier molecular flexibility index (Phi) is 6.17. The van der Waals surface area contributed by atoms with Crippen LogP contribution in [-0.4, -0.2) is 51.6 Å². The number of aromatic nitrogens is 3. The summed E-state index contributed by atoms with van der Waals surface area (Å²) in [5, 5.41) is 4.47. The van der Waals surface area contributed by atoms with Gasteiger partial charge in [-0.1, -0.05) is 27.7 Å². The van der Waals surface area contributed by atoms with Crippen LogP contribution in [0.15, 0.2) is 10.7 Å². The summed E-state index contributed by atoms with van der Waals surface area (Å²) in [5.41, 5.74) is 5.52. The Morgan fingerprint density at radius 2 is 1.94 bits per heavy atom. The summed E-state index contributed by atoms with van der Waals surface area (Å²) in [7, 11) is 0. The molecule has 4 rings (SSSR count). The summed E-state index contributed by atoms with van der Waals surface area (Å²) >= 11 is 0. The van der Waals surface area contributed by atoms with Gasteiger partial charge in [-0.25, -0.2) is 15.0 Å². The van der Waals surface area contributed by atoms with Gasteiger partial charge in [-0.3, -0.25) is 0 Å². The molecule has 1 aliphatic rings. The Hall–Kier alpha value is -2.25. The van der Waals surface area contributed by atoms with Crippen molar-refractivity contribution >= 4 is 28.0 Å².